The molecule has 1 aliphatic rings. The summed E-state index contributed by atoms with van der Waals surface area (Å²) in [7, 11) is 1.97. The number of aryl methyl sites for hydroxylation is 1. The molecule has 1 aromatic rings. The predicted octanol–water partition coefficient (Wildman–Crippen LogP) is 0.0529. The van der Waals surface area contributed by atoms with Crippen molar-refractivity contribution in [2.24, 2.45) is 12.8 Å². The summed E-state index contributed by atoms with van der Waals surface area (Å²) in [5.41, 5.74) is 6.00. The van der Waals surface area contributed by atoms with Crippen LogP contribution in [0.2, 0.25) is 0 Å². The van der Waals surface area contributed by atoms with Gasteiger partial charge in [0.05, 0.1) is 13.2 Å². The highest BCUT2D eigenvalue weighted by molar-refractivity contribution is 4.94. The van der Waals surface area contributed by atoms with Gasteiger partial charge in [-0.1, -0.05) is 0 Å². The van der Waals surface area contributed by atoms with E-state index in [-0.39, 0.29) is 12.3 Å². The van der Waals surface area contributed by atoms with Gasteiger partial charge < -0.3 is 19.8 Å². The summed E-state index contributed by atoms with van der Waals surface area (Å²) in [4.78, 5) is 4.23. The third-order valence-corrected chi connectivity index (χ3v) is 2.55. The molecule has 1 aromatic heterocycles. The zero-order chi connectivity index (χ0) is 10.7. The normalized spacial score (nSPS) is 19.6. The van der Waals surface area contributed by atoms with Crippen molar-refractivity contribution in [2.45, 2.75) is 25.2 Å². The Morgan fingerprint density at radius 3 is 2.93 bits per heavy atom. The molecule has 84 valence electrons. The van der Waals surface area contributed by atoms with Crippen molar-refractivity contribution in [2.75, 3.05) is 13.2 Å². The molecule has 2 rings (SSSR count). The highest BCUT2D eigenvalue weighted by atomic mass is 16.7. The van der Waals surface area contributed by atoms with Gasteiger partial charge in [-0.2, -0.15) is 0 Å². The van der Waals surface area contributed by atoms with Crippen molar-refractivity contribution >= 4 is 0 Å². The van der Waals surface area contributed by atoms with E-state index in [0.717, 1.165) is 18.7 Å². The van der Waals surface area contributed by atoms with Crippen molar-refractivity contribution < 1.29 is 9.47 Å². The lowest BCUT2D eigenvalue weighted by Crippen LogP contribution is -2.29. The fraction of sp³-hybridized carbons (Fsp3) is 0.700. The average molecular weight is 211 g/mol. The molecule has 1 fully saturated rings. The fourth-order valence-electron chi connectivity index (χ4n) is 1.70. The van der Waals surface area contributed by atoms with E-state index in [1.54, 1.807) is 6.20 Å². The number of imidazole rings is 1. The molecule has 15 heavy (non-hydrogen) atoms. The Kier molecular flexibility index (Phi) is 3.35. The Morgan fingerprint density at radius 2 is 2.33 bits per heavy atom. The van der Waals surface area contributed by atoms with Gasteiger partial charge in [0.25, 0.3) is 0 Å². The SMILES string of the molecule is Cn1ccnc1CC(N)CC1OCCO1. The third-order valence-electron chi connectivity index (χ3n) is 2.55. The summed E-state index contributed by atoms with van der Waals surface area (Å²) in [6.07, 6.45) is 5.06. The molecule has 1 unspecified atom stereocenters. The summed E-state index contributed by atoms with van der Waals surface area (Å²) < 4.78 is 12.7. The smallest absolute Gasteiger partial charge is 0.159 e. The minimum atomic E-state index is -0.125. The van der Waals surface area contributed by atoms with Gasteiger partial charge in [-0.05, 0) is 0 Å². The first kappa shape index (κ1) is 10.6. The highest BCUT2D eigenvalue weighted by Crippen LogP contribution is 2.11. The van der Waals surface area contributed by atoms with E-state index >= 15 is 0 Å². The molecule has 0 amide bonds. The maximum Gasteiger partial charge on any atom is 0.159 e. The lowest BCUT2D eigenvalue weighted by atomic mass is 10.1. The van der Waals surface area contributed by atoms with E-state index in [0.29, 0.717) is 13.2 Å². The van der Waals surface area contributed by atoms with E-state index < -0.39 is 0 Å². The van der Waals surface area contributed by atoms with E-state index in [9.17, 15) is 0 Å². The van der Waals surface area contributed by atoms with Gasteiger partial charge in [0.2, 0.25) is 0 Å². The largest absolute Gasteiger partial charge is 0.350 e. The molecule has 2 heterocycles. The second kappa shape index (κ2) is 4.74. The minimum Gasteiger partial charge on any atom is -0.350 e. The molecule has 0 radical (unpaired) electrons. The first-order valence-electron chi connectivity index (χ1n) is 5.20. The third kappa shape index (κ3) is 2.77. The Morgan fingerprint density at radius 1 is 1.60 bits per heavy atom. The number of rotatable bonds is 4. The van der Waals surface area contributed by atoms with Gasteiger partial charge in [0.15, 0.2) is 6.29 Å². The maximum atomic E-state index is 6.00. The summed E-state index contributed by atoms with van der Waals surface area (Å²) in [5, 5.41) is 0. The van der Waals surface area contributed by atoms with Gasteiger partial charge in [-0.3, -0.25) is 0 Å². The van der Waals surface area contributed by atoms with Crippen molar-refractivity contribution in [3.8, 4) is 0 Å². The molecule has 2 N–H and O–H groups in total. The second-order valence-electron chi connectivity index (χ2n) is 3.83. The molecule has 1 aliphatic heterocycles. The molecule has 5 nitrogen and oxygen atoms in total. The number of nitrogens with zero attached hydrogens (tertiary/aromatic N) is 2. The number of aromatic nitrogens is 2. The van der Waals surface area contributed by atoms with Crippen LogP contribution in [0.15, 0.2) is 12.4 Å². The molecule has 0 aromatic carbocycles. The quantitative estimate of drug-likeness (QED) is 0.764. The molecule has 5 heteroatoms. The van der Waals surface area contributed by atoms with Crippen LogP contribution in [0.5, 0.6) is 0 Å². The molecular weight excluding hydrogens is 194 g/mol. The Labute approximate surface area is 89.2 Å². The zero-order valence-corrected chi connectivity index (χ0v) is 8.93. The van der Waals surface area contributed by atoms with Crippen LogP contribution in [0.4, 0.5) is 0 Å². The molecule has 0 saturated carbocycles. The summed E-state index contributed by atoms with van der Waals surface area (Å²) in [6, 6.07) is 0.0363. The van der Waals surface area contributed by atoms with Gasteiger partial charge in [0.1, 0.15) is 5.82 Å². The lowest BCUT2D eigenvalue weighted by Gasteiger charge is -2.15. The first-order chi connectivity index (χ1) is 7.25. The van der Waals surface area contributed by atoms with Gasteiger partial charge in [0, 0.05) is 38.3 Å². The summed E-state index contributed by atoms with van der Waals surface area (Å²) >= 11 is 0. The zero-order valence-electron chi connectivity index (χ0n) is 8.93. The van der Waals surface area contributed by atoms with Crippen molar-refractivity contribution in [3.05, 3.63) is 18.2 Å². The number of nitrogens with two attached hydrogens (primary N) is 1. The van der Waals surface area contributed by atoms with Crippen LogP contribution in [0, 0.1) is 0 Å². The first-order valence-corrected chi connectivity index (χ1v) is 5.20. The van der Waals surface area contributed by atoms with Gasteiger partial charge in [-0.25, -0.2) is 4.98 Å². The average Bonchev–Trinajstić information content (AvgIpc) is 2.79. The second-order valence-corrected chi connectivity index (χ2v) is 3.83. The van der Waals surface area contributed by atoms with Crippen LogP contribution >= 0.6 is 0 Å². The minimum absolute atomic E-state index is 0.0363. The lowest BCUT2D eigenvalue weighted by molar-refractivity contribution is -0.0505. The highest BCUT2D eigenvalue weighted by Gasteiger charge is 2.20. The number of ether oxygens (including phenoxy) is 2. The van der Waals surface area contributed by atoms with Crippen LogP contribution in [-0.2, 0) is 22.9 Å². The standard InChI is InChI=1S/C10H17N3O2/c1-13-3-2-12-9(13)6-8(11)7-10-14-4-5-15-10/h2-3,8,10H,4-7,11H2,1H3. The summed E-state index contributed by atoms with van der Waals surface area (Å²) in [5.74, 6) is 1.00. The number of hydrogen-bond acceptors (Lipinski definition) is 4. The Bertz CT molecular complexity index is 307. The van der Waals surface area contributed by atoms with Crippen molar-refractivity contribution in [3.63, 3.8) is 0 Å². The molecule has 1 atom stereocenters. The van der Waals surface area contributed by atoms with E-state index in [1.165, 1.54) is 0 Å². The maximum absolute atomic E-state index is 6.00. The van der Waals surface area contributed by atoms with Gasteiger partial charge in [-0.15, -0.1) is 0 Å². The topological polar surface area (TPSA) is 62.3 Å². The molecule has 0 spiro atoms. The predicted molar refractivity (Wildman–Crippen MR) is 55.2 cm³/mol. The fourth-order valence-corrected chi connectivity index (χ4v) is 1.70. The molecule has 0 aliphatic carbocycles. The number of hydrogen-bond donors (Lipinski definition) is 1. The van der Waals surface area contributed by atoms with Crippen LogP contribution < -0.4 is 5.73 Å². The van der Waals surface area contributed by atoms with Crippen molar-refractivity contribution in [1.29, 1.82) is 0 Å². The monoisotopic (exact) mass is 211 g/mol. The van der Waals surface area contributed by atoms with E-state index in [1.807, 2.05) is 17.8 Å². The molecular formula is C10H17N3O2. The van der Waals surface area contributed by atoms with E-state index in [2.05, 4.69) is 4.98 Å². The Balaban J connectivity index is 1.81. The van der Waals surface area contributed by atoms with Crippen LogP contribution in [0.3, 0.4) is 0 Å². The molecule has 1 saturated heterocycles. The van der Waals surface area contributed by atoms with Crippen LogP contribution in [0.25, 0.3) is 0 Å². The Hall–Kier alpha value is -0.910. The van der Waals surface area contributed by atoms with Crippen LogP contribution in [-0.4, -0.2) is 35.1 Å². The van der Waals surface area contributed by atoms with Crippen molar-refractivity contribution in [1.82, 2.24) is 9.55 Å². The van der Waals surface area contributed by atoms with Crippen LogP contribution in [0.1, 0.15) is 12.2 Å². The molecule has 0 bridgehead atoms. The summed E-state index contributed by atoms with van der Waals surface area (Å²) in [6.45, 7) is 1.36. The van der Waals surface area contributed by atoms with E-state index in [4.69, 9.17) is 15.2 Å². The van der Waals surface area contributed by atoms with Gasteiger partial charge >= 0.3 is 0 Å².